The Morgan fingerprint density at radius 1 is 0.966 bits per heavy atom. The highest BCUT2D eigenvalue weighted by Crippen LogP contribution is 2.19. The van der Waals surface area contributed by atoms with Crippen LogP contribution in [0, 0.1) is 0 Å². The van der Waals surface area contributed by atoms with E-state index in [9.17, 15) is 9.59 Å². The topological polar surface area (TPSA) is 77.0 Å². The maximum atomic E-state index is 12.4. The van der Waals surface area contributed by atoms with Crippen LogP contribution in [0.4, 0.5) is 0 Å². The number of rotatable bonds is 6. The van der Waals surface area contributed by atoms with Gasteiger partial charge in [-0.25, -0.2) is 10.2 Å². The molecule has 0 atom stereocenters. The minimum atomic E-state index is -0.517. The molecule has 3 rings (SSSR count). The summed E-state index contributed by atoms with van der Waals surface area (Å²) in [6.07, 6.45) is 1.40. The lowest BCUT2D eigenvalue weighted by Gasteiger charge is -2.08. The number of hydrogen-bond donors (Lipinski definition) is 1. The van der Waals surface area contributed by atoms with Gasteiger partial charge in [0.15, 0.2) is 0 Å². The van der Waals surface area contributed by atoms with E-state index in [1.807, 2.05) is 0 Å². The van der Waals surface area contributed by atoms with Gasteiger partial charge in [0.25, 0.3) is 5.91 Å². The zero-order valence-electron chi connectivity index (χ0n) is 15.5. The third-order valence-corrected chi connectivity index (χ3v) is 4.14. The summed E-state index contributed by atoms with van der Waals surface area (Å²) in [5.41, 5.74) is 3.71. The molecule has 0 bridgehead atoms. The number of para-hydroxylation sites is 1. The Bertz CT molecular complexity index is 1050. The molecule has 1 amide bonds. The van der Waals surface area contributed by atoms with E-state index < -0.39 is 11.9 Å². The summed E-state index contributed by atoms with van der Waals surface area (Å²) in [5.74, 6) is 0.0338. The third-order valence-electron chi connectivity index (χ3n) is 3.90. The Labute approximate surface area is 172 Å². The third kappa shape index (κ3) is 5.43. The van der Waals surface area contributed by atoms with Crippen molar-refractivity contribution in [3.05, 3.63) is 94.5 Å². The molecule has 0 heterocycles. The standard InChI is InChI=1S/C22H17ClN2O4/c1-28-19-11-9-15(10-12-19)22(27)29-20-8-3-2-5-17(20)14-24-25-21(26)16-6-4-7-18(23)13-16/h2-14H,1H3,(H,25,26). The Balaban J connectivity index is 1.68. The molecule has 0 aromatic heterocycles. The average molecular weight is 409 g/mol. The molecule has 146 valence electrons. The molecular formula is C22H17ClN2O4. The van der Waals surface area contributed by atoms with Gasteiger partial charge >= 0.3 is 5.97 Å². The first kappa shape index (κ1) is 20.1. The Hall–Kier alpha value is -3.64. The van der Waals surface area contributed by atoms with E-state index in [1.54, 1.807) is 73.8 Å². The Morgan fingerprint density at radius 3 is 2.45 bits per heavy atom. The van der Waals surface area contributed by atoms with E-state index in [0.717, 1.165) is 0 Å². The maximum absolute atomic E-state index is 12.4. The van der Waals surface area contributed by atoms with Crippen molar-refractivity contribution in [1.29, 1.82) is 0 Å². The molecule has 0 spiro atoms. The van der Waals surface area contributed by atoms with Crippen molar-refractivity contribution in [2.45, 2.75) is 0 Å². The molecule has 0 fully saturated rings. The predicted molar refractivity (Wildman–Crippen MR) is 111 cm³/mol. The van der Waals surface area contributed by atoms with Gasteiger partial charge in [-0.15, -0.1) is 0 Å². The second-order valence-electron chi connectivity index (χ2n) is 5.87. The van der Waals surface area contributed by atoms with Crippen LogP contribution in [0.5, 0.6) is 11.5 Å². The number of nitrogens with zero attached hydrogens (tertiary/aromatic N) is 1. The van der Waals surface area contributed by atoms with Crippen LogP contribution in [0.1, 0.15) is 26.3 Å². The number of esters is 1. The van der Waals surface area contributed by atoms with Gasteiger partial charge in [-0.1, -0.05) is 29.8 Å². The minimum Gasteiger partial charge on any atom is -0.497 e. The van der Waals surface area contributed by atoms with Gasteiger partial charge in [0, 0.05) is 16.1 Å². The van der Waals surface area contributed by atoms with Gasteiger partial charge in [0.2, 0.25) is 0 Å². The lowest BCUT2D eigenvalue weighted by atomic mass is 10.2. The highest BCUT2D eigenvalue weighted by Gasteiger charge is 2.11. The predicted octanol–water partition coefficient (Wildman–Crippen LogP) is 4.33. The zero-order valence-corrected chi connectivity index (χ0v) is 16.2. The van der Waals surface area contributed by atoms with Crippen LogP contribution in [0.15, 0.2) is 77.9 Å². The van der Waals surface area contributed by atoms with Gasteiger partial charge in [0.05, 0.1) is 18.9 Å². The lowest BCUT2D eigenvalue weighted by Crippen LogP contribution is -2.17. The van der Waals surface area contributed by atoms with Gasteiger partial charge in [-0.05, 0) is 54.6 Å². The molecule has 29 heavy (non-hydrogen) atoms. The summed E-state index contributed by atoms with van der Waals surface area (Å²) < 4.78 is 10.5. The molecule has 3 aromatic carbocycles. The zero-order chi connectivity index (χ0) is 20.6. The number of hydrogen-bond acceptors (Lipinski definition) is 5. The first-order chi connectivity index (χ1) is 14.1. The molecule has 0 aliphatic rings. The highest BCUT2D eigenvalue weighted by molar-refractivity contribution is 6.30. The molecule has 1 N–H and O–H groups in total. The summed E-state index contributed by atoms with van der Waals surface area (Å²) in [6, 6.07) is 20.0. The molecule has 3 aromatic rings. The Kier molecular flexibility index (Phi) is 6.60. The van der Waals surface area contributed by atoms with E-state index in [1.165, 1.54) is 12.3 Å². The fourth-order valence-corrected chi connectivity index (χ4v) is 2.61. The second-order valence-corrected chi connectivity index (χ2v) is 6.30. The number of halogens is 1. The minimum absolute atomic E-state index is 0.314. The first-order valence-corrected chi connectivity index (χ1v) is 8.99. The van der Waals surface area contributed by atoms with Crippen LogP contribution in [0.25, 0.3) is 0 Å². The molecule has 0 saturated heterocycles. The number of methoxy groups -OCH3 is 1. The van der Waals surface area contributed by atoms with Gasteiger partial charge in [0.1, 0.15) is 11.5 Å². The monoisotopic (exact) mass is 408 g/mol. The van der Waals surface area contributed by atoms with Crippen LogP contribution in [0.2, 0.25) is 5.02 Å². The molecule has 7 heteroatoms. The van der Waals surface area contributed by atoms with Gasteiger partial charge in [-0.3, -0.25) is 4.79 Å². The van der Waals surface area contributed by atoms with Crippen LogP contribution in [0.3, 0.4) is 0 Å². The maximum Gasteiger partial charge on any atom is 0.343 e. The van der Waals surface area contributed by atoms with Crippen molar-refractivity contribution in [2.24, 2.45) is 5.10 Å². The molecular weight excluding hydrogens is 392 g/mol. The SMILES string of the molecule is COc1ccc(C(=O)Oc2ccccc2C=NNC(=O)c2cccc(Cl)c2)cc1. The van der Waals surface area contributed by atoms with E-state index in [4.69, 9.17) is 21.1 Å². The van der Waals surface area contributed by atoms with Gasteiger partial charge < -0.3 is 9.47 Å². The van der Waals surface area contributed by atoms with E-state index in [0.29, 0.717) is 33.2 Å². The summed E-state index contributed by atoms with van der Waals surface area (Å²) in [7, 11) is 1.55. The number of benzene rings is 3. The Morgan fingerprint density at radius 2 is 1.72 bits per heavy atom. The van der Waals surface area contributed by atoms with Crippen molar-refractivity contribution in [1.82, 2.24) is 5.43 Å². The number of nitrogens with one attached hydrogen (secondary N) is 1. The van der Waals surface area contributed by atoms with Crippen molar-refractivity contribution in [2.75, 3.05) is 7.11 Å². The average Bonchev–Trinajstić information content (AvgIpc) is 2.75. The molecule has 0 aliphatic heterocycles. The smallest absolute Gasteiger partial charge is 0.343 e. The van der Waals surface area contributed by atoms with E-state index in [-0.39, 0.29) is 0 Å². The van der Waals surface area contributed by atoms with Crippen molar-refractivity contribution in [3.63, 3.8) is 0 Å². The summed E-state index contributed by atoms with van der Waals surface area (Å²) in [4.78, 5) is 24.5. The molecule has 0 saturated carbocycles. The molecule has 0 radical (unpaired) electrons. The second kappa shape index (κ2) is 9.52. The van der Waals surface area contributed by atoms with E-state index >= 15 is 0 Å². The fraction of sp³-hybridized carbons (Fsp3) is 0.0455. The summed E-state index contributed by atoms with van der Waals surface area (Å²) in [5, 5.41) is 4.39. The highest BCUT2D eigenvalue weighted by atomic mass is 35.5. The quantitative estimate of drug-likeness (QED) is 0.285. The van der Waals surface area contributed by atoms with Crippen LogP contribution in [-0.4, -0.2) is 25.2 Å². The molecule has 0 aliphatic carbocycles. The largest absolute Gasteiger partial charge is 0.497 e. The fourth-order valence-electron chi connectivity index (χ4n) is 2.42. The van der Waals surface area contributed by atoms with Crippen molar-refractivity contribution < 1.29 is 19.1 Å². The van der Waals surface area contributed by atoms with Gasteiger partial charge in [-0.2, -0.15) is 5.10 Å². The lowest BCUT2D eigenvalue weighted by molar-refractivity contribution is 0.0734. The normalized spacial score (nSPS) is 10.6. The van der Waals surface area contributed by atoms with Crippen LogP contribution in [-0.2, 0) is 0 Å². The summed E-state index contributed by atoms with van der Waals surface area (Å²) >= 11 is 5.88. The summed E-state index contributed by atoms with van der Waals surface area (Å²) in [6.45, 7) is 0. The first-order valence-electron chi connectivity index (χ1n) is 8.61. The molecule has 6 nitrogen and oxygen atoms in total. The number of hydrazone groups is 1. The van der Waals surface area contributed by atoms with Crippen molar-refractivity contribution >= 4 is 29.7 Å². The number of amides is 1. The number of carbonyl (C=O) groups is 2. The van der Waals surface area contributed by atoms with E-state index in [2.05, 4.69) is 10.5 Å². The number of ether oxygens (including phenoxy) is 2. The molecule has 0 unspecified atom stereocenters. The van der Waals surface area contributed by atoms with Crippen molar-refractivity contribution in [3.8, 4) is 11.5 Å². The number of carbonyl (C=O) groups excluding carboxylic acids is 2. The van der Waals surface area contributed by atoms with Crippen LogP contribution < -0.4 is 14.9 Å². The van der Waals surface area contributed by atoms with Crippen LogP contribution >= 0.6 is 11.6 Å².